The zero-order valence-corrected chi connectivity index (χ0v) is 15.3. The molecule has 1 heterocycles. The fraction of sp³-hybridized carbons (Fsp3) is 0.500. The van der Waals surface area contributed by atoms with Crippen LogP contribution in [0.15, 0.2) is 36.4 Å². The minimum atomic E-state index is -1.73. The van der Waals surface area contributed by atoms with E-state index in [0.717, 1.165) is 25.7 Å². The van der Waals surface area contributed by atoms with Gasteiger partial charge in [0, 0.05) is 24.6 Å². The van der Waals surface area contributed by atoms with Gasteiger partial charge in [0.05, 0.1) is 5.92 Å². The topological polar surface area (TPSA) is 20.3 Å². The lowest BCUT2D eigenvalue weighted by Crippen LogP contribution is -2.36. The second-order valence-electron chi connectivity index (χ2n) is 7.86. The molecule has 3 unspecified atom stereocenters. The molecule has 27 heavy (non-hydrogen) atoms. The molecule has 5 heteroatoms. The largest absolute Gasteiger partial charge is 0.342 e. The molecule has 2 fully saturated rings. The van der Waals surface area contributed by atoms with Gasteiger partial charge in [-0.15, -0.1) is 0 Å². The van der Waals surface area contributed by atoms with Crippen LogP contribution in [0, 0.1) is 23.5 Å². The number of hydrogen-bond donors (Lipinski definition) is 0. The van der Waals surface area contributed by atoms with E-state index < -0.39 is 29.1 Å². The second kappa shape index (κ2) is 7.17. The number of carbonyl (C=O) groups is 1. The minimum absolute atomic E-state index is 0.133. The molecule has 4 rings (SSSR count). The third-order valence-corrected chi connectivity index (χ3v) is 6.14. The van der Waals surface area contributed by atoms with E-state index in [9.17, 15) is 13.6 Å². The van der Waals surface area contributed by atoms with E-state index in [1.807, 2.05) is 0 Å². The van der Waals surface area contributed by atoms with Crippen LogP contribution in [0.5, 0.6) is 0 Å². The Balaban J connectivity index is 1.58. The quantitative estimate of drug-likeness (QED) is 0.724. The number of carbonyl (C=O) groups excluding carboxylic acids is 1. The van der Waals surface area contributed by atoms with Gasteiger partial charge in [0.2, 0.25) is 5.91 Å². The molecule has 1 aromatic carbocycles. The Bertz CT molecular complexity index is 774. The van der Waals surface area contributed by atoms with Crippen molar-refractivity contribution in [2.24, 2.45) is 11.8 Å². The Morgan fingerprint density at radius 3 is 2.41 bits per heavy atom. The molecule has 0 bridgehead atoms. The van der Waals surface area contributed by atoms with E-state index in [1.54, 1.807) is 23.1 Å². The predicted molar refractivity (Wildman–Crippen MR) is 98.6 cm³/mol. The van der Waals surface area contributed by atoms with Crippen LogP contribution in [0.3, 0.4) is 0 Å². The van der Waals surface area contributed by atoms with Crippen LogP contribution in [0.1, 0.15) is 44.1 Å². The van der Waals surface area contributed by atoms with Crippen molar-refractivity contribution in [3.05, 3.63) is 53.6 Å². The zero-order chi connectivity index (χ0) is 19.0. The molecule has 1 amide bonds. The molecular formula is C22H24F3NO. The molecule has 144 valence electrons. The monoisotopic (exact) mass is 375 g/mol. The molecule has 1 saturated heterocycles. The Morgan fingerprint density at radius 2 is 1.74 bits per heavy atom. The van der Waals surface area contributed by atoms with Crippen molar-refractivity contribution < 1.29 is 18.0 Å². The van der Waals surface area contributed by atoms with Gasteiger partial charge in [-0.3, -0.25) is 4.79 Å². The van der Waals surface area contributed by atoms with Crippen LogP contribution in [-0.4, -0.2) is 29.6 Å². The molecule has 0 radical (unpaired) electrons. The highest BCUT2D eigenvalue weighted by atomic mass is 19.1. The summed E-state index contributed by atoms with van der Waals surface area (Å²) in [5.41, 5.74) is -1.58. The van der Waals surface area contributed by atoms with Crippen molar-refractivity contribution in [1.82, 2.24) is 4.90 Å². The Hall–Kier alpha value is -2.04. The van der Waals surface area contributed by atoms with Gasteiger partial charge in [0.1, 0.15) is 17.3 Å². The minimum Gasteiger partial charge on any atom is -0.342 e. The van der Waals surface area contributed by atoms with E-state index in [-0.39, 0.29) is 17.9 Å². The predicted octanol–water partition coefficient (Wildman–Crippen LogP) is 5.06. The highest BCUT2D eigenvalue weighted by Gasteiger charge is 2.65. The highest BCUT2D eigenvalue weighted by Crippen LogP contribution is 2.59. The molecule has 0 aromatic heterocycles. The highest BCUT2D eigenvalue weighted by molar-refractivity contribution is 5.85. The van der Waals surface area contributed by atoms with Crippen molar-refractivity contribution in [3.8, 4) is 0 Å². The number of benzene rings is 1. The van der Waals surface area contributed by atoms with Crippen LogP contribution in [0.25, 0.3) is 5.57 Å². The molecule has 2 nitrogen and oxygen atoms in total. The fourth-order valence-electron chi connectivity index (χ4n) is 4.56. The summed E-state index contributed by atoms with van der Waals surface area (Å²) in [6.07, 6.45) is 9.68. The first kappa shape index (κ1) is 18.3. The molecule has 0 spiro atoms. The summed E-state index contributed by atoms with van der Waals surface area (Å²) in [5, 5.41) is 0. The summed E-state index contributed by atoms with van der Waals surface area (Å²) >= 11 is 0. The van der Waals surface area contributed by atoms with E-state index in [2.05, 4.69) is 0 Å². The molecule has 3 atom stereocenters. The van der Waals surface area contributed by atoms with Gasteiger partial charge in [-0.1, -0.05) is 37.1 Å². The summed E-state index contributed by atoms with van der Waals surface area (Å²) in [5.74, 6) is -2.93. The van der Waals surface area contributed by atoms with E-state index in [1.165, 1.54) is 18.2 Å². The molecule has 2 aliphatic carbocycles. The molecule has 3 aliphatic rings. The molecule has 1 saturated carbocycles. The number of allylic oxidation sites excluding steroid dienone is 4. The number of hydrogen-bond acceptors (Lipinski definition) is 1. The standard InChI is InChI=1S/C22H24F3NO/c23-18-10-7-11-19(24)20(18)15-8-3-4-9-16(15)22(25)14-17(22)21(27)26-12-5-1-2-6-13-26/h3-4,7-8,10-11,16-17H,1-2,5-6,9,12-14H2. The van der Waals surface area contributed by atoms with Crippen molar-refractivity contribution in [2.45, 2.75) is 44.2 Å². The molecule has 1 aromatic rings. The summed E-state index contributed by atoms with van der Waals surface area (Å²) in [6.45, 7) is 1.36. The lowest BCUT2D eigenvalue weighted by atomic mass is 9.81. The number of nitrogens with zero attached hydrogens (tertiary/aromatic N) is 1. The van der Waals surface area contributed by atoms with Crippen LogP contribution in [0.4, 0.5) is 13.2 Å². The SMILES string of the molecule is O=C(C1CC1(F)C1CC=CC=C1c1c(F)cccc1F)N1CCCCCC1. The number of amides is 1. The first-order chi connectivity index (χ1) is 13.0. The maximum atomic E-state index is 15.8. The van der Waals surface area contributed by atoms with Gasteiger partial charge < -0.3 is 4.90 Å². The number of alkyl halides is 1. The van der Waals surface area contributed by atoms with Gasteiger partial charge in [0.15, 0.2) is 0 Å². The van der Waals surface area contributed by atoms with Gasteiger partial charge >= 0.3 is 0 Å². The van der Waals surface area contributed by atoms with Gasteiger partial charge in [-0.2, -0.15) is 0 Å². The second-order valence-corrected chi connectivity index (χ2v) is 7.86. The van der Waals surface area contributed by atoms with Crippen LogP contribution < -0.4 is 0 Å². The smallest absolute Gasteiger partial charge is 0.229 e. The number of rotatable bonds is 3. The van der Waals surface area contributed by atoms with Gasteiger partial charge in [-0.05, 0) is 43.4 Å². The number of halogens is 3. The van der Waals surface area contributed by atoms with Crippen LogP contribution in [-0.2, 0) is 4.79 Å². The van der Waals surface area contributed by atoms with Gasteiger partial charge in [0.25, 0.3) is 0 Å². The normalized spacial score (nSPS) is 30.6. The third-order valence-electron chi connectivity index (χ3n) is 6.14. The van der Waals surface area contributed by atoms with Crippen molar-refractivity contribution in [3.63, 3.8) is 0 Å². The zero-order valence-electron chi connectivity index (χ0n) is 15.3. The fourth-order valence-corrected chi connectivity index (χ4v) is 4.56. The maximum absolute atomic E-state index is 15.8. The first-order valence-electron chi connectivity index (χ1n) is 9.81. The lowest BCUT2D eigenvalue weighted by molar-refractivity contribution is -0.133. The molecule has 1 aliphatic heterocycles. The van der Waals surface area contributed by atoms with E-state index in [4.69, 9.17) is 0 Å². The van der Waals surface area contributed by atoms with Crippen molar-refractivity contribution in [1.29, 1.82) is 0 Å². The van der Waals surface area contributed by atoms with Crippen LogP contribution >= 0.6 is 0 Å². The molecular weight excluding hydrogens is 351 g/mol. The van der Waals surface area contributed by atoms with Crippen molar-refractivity contribution >= 4 is 11.5 Å². The number of likely N-dealkylation sites (tertiary alicyclic amines) is 1. The summed E-state index contributed by atoms with van der Waals surface area (Å²) in [6, 6.07) is 3.68. The summed E-state index contributed by atoms with van der Waals surface area (Å²) in [4.78, 5) is 14.6. The molecule has 0 N–H and O–H groups in total. The summed E-state index contributed by atoms with van der Waals surface area (Å²) < 4.78 is 44.4. The average molecular weight is 375 g/mol. The lowest BCUT2D eigenvalue weighted by Gasteiger charge is -2.28. The third kappa shape index (κ3) is 3.32. The van der Waals surface area contributed by atoms with Crippen LogP contribution in [0.2, 0.25) is 0 Å². The maximum Gasteiger partial charge on any atom is 0.229 e. The van der Waals surface area contributed by atoms with Gasteiger partial charge in [-0.25, -0.2) is 13.2 Å². The summed E-state index contributed by atoms with van der Waals surface area (Å²) in [7, 11) is 0. The Kier molecular flexibility index (Phi) is 4.87. The van der Waals surface area contributed by atoms with E-state index in [0.29, 0.717) is 25.1 Å². The Labute approximate surface area is 157 Å². The van der Waals surface area contributed by atoms with E-state index >= 15 is 4.39 Å². The first-order valence-corrected chi connectivity index (χ1v) is 9.81. The average Bonchev–Trinajstić information content (AvgIpc) is 3.41. The Morgan fingerprint density at radius 1 is 1.07 bits per heavy atom. The van der Waals surface area contributed by atoms with Crippen molar-refractivity contribution in [2.75, 3.05) is 13.1 Å².